The molecule has 2 rings (SSSR count). The first-order valence-electron chi connectivity index (χ1n) is 5.64. The number of carbonyl (C=O) groups is 2. The minimum absolute atomic E-state index is 0.0542. The topological polar surface area (TPSA) is 69.6 Å². The summed E-state index contributed by atoms with van der Waals surface area (Å²) < 4.78 is 13.3. The van der Waals surface area contributed by atoms with Crippen molar-refractivity contribution >= 4 is 17.7 Å². The third-order valence-corrected chi connectivity index (χ3v) is 2.91. The molecular weight excluding hydrogens is 239 g/mol. The number of halogens is 1. The van der Waals surface area contributed by atoms with Crippen molar-refractivity contribution < 1.29 is 19.1 Å². The lowest BCUT2D eigenvalue weighted by Gasteiger charge is -2.21. The zero-order chi connectivity index (χ0) is 13.1. The fourth-order valence-electron chi connectivity index (χ4n) is 2.02. The molecule has 0 aliphatic carbocycles. The molecule has 0 aromatic heterocycles. The molecule has 1 aliphatic heterocycles. The minimum Gasteiger partial charge on any atom is -0.480 e. The van der Waals surface area contributed by atoms with E-state index in [0.717, 1.165) is 0 Å². The first-order valence-corrected chi connectivity index (χ1v) is 5.64. The Bertz CT molecular complexity index is 478. The molecule has 1 aliphatic rings. The predicted molar refractivity (Wildman–Crippen MR) is 62.8 cm³/mol. The number of aliphatic carboxylic acids is 1. The lowest BCUT2D eigenvalue weighted by molar-refractivity contribution is -0.141. The minimum atomic E-state index is -1.03. The highest BCUT2D eigenvalue weighted by Gasteiger charge is 2.34. The number of rotatable bonds is 2. The standard InChI is InChI=1S/C12H13FN2O3/c13-8-4-1-2-5-9(8)14-12(18)15-7-3-6-10(15)11(16)17/h1-2,4-5,10H,3,6-7H2,(H,14,18)(H,16,17)/t10-/m0/s1. The first kappa shape index (κ1) is 12.3. The molecule has 18 heavy (non-hydrogen) atoms. The van der Waals surface area contributed by atoms with Gasteiger partial charge in [0.15, 0.2) is 0 Å². The summed E-state index contributed by atoms with van der Waals surface area (Å²) >= 11 is 0. The summed E-state index contributed by atoms with van der Waals surface area (Å²) in [5, 5.41) is 11.3. The maximum atomic E-state index is 13.3. The molecule has 0 saturated carbocycles. The van der Waals surface area contributed by atoms with Crippen LogP contribution in [-0.4, -0.2) is 34.6 Å². The highest BCUT2D eigenvalue weighted by molar-refractivity contribution is 5.92. The van der Waals surface area contributed by atoms with E-state index in [1.807, 2.05) is 0 Å². The Balaban J connectivity index is 2.08. The smallest absolute Gasteiger partial charge is 0.326 e. The largest absolute Gasteiger partial charge is 0.480 e. The van der Waals surface area contributed by atoms with Crippen LogP contribution in [0.4, 0.5) is 14.9 Å². The van der Waals surface area contributed by atoms with Gasteiger partial charge in [-0.3, -0.25) is 0 Å². The van der Waals surface area contributed by atoms with Crippen molar-refractivity contribution in [1.29, 1.82) is 0 Å². The van der Waals surface area contributed by atoms with Crippen LogP contribution in [0.3, 0.4) is 0 Å². The summed E-state index contributed by atoms with van der Waals surface area (Å²) in [5.74, 6) is -1.58. The lowest BCUT2D eigenvalue weighted by Crippen LogP contribution is -2.42. The van der Waals surface area contributed by atoms with Crippen LogP contribution in [0.5, 0.6) is 0 Å². The summed E-state index contributed by atoms with van der Waals surface area (Å²) in [5.41, 5.74) is 0.0542. The maximum Gasteiger partial charge on any atom is 0.326 e. The van der Waals surface area contributed by atoms with Crippen LogP contribution >= 0.6 is 0 Å². The number of hydrogen-bond acceptors (Lipinski definition) is 2. The zero-order valence-corrected chi connectivity index (χ0v) is 9.60. The third kappa shape index (κ3) is 2.42. The van der Waals surface area contributed by atoms with E-state index in [4.69, 9.17) is 5.11 Å². The number of urea groups is 1. The molecule has 0 spiro atoms. The summed E-state index contributed by atoms with van der Waals surface area (Å²) in [6.45, 7) is 0.372. The number of para-hydroxylation sites is 1. The van der Waals surface area contributed by atoms with Crippen molar-refractivity contribution in [2.24, 2.45) is 0 Å². The SMILES string of the molecule is O=C(O)[C@@H]1CCCN1C(=O)Nc1ccccc1F. The average molecular weight is 252 g/mol. The molecule has 5 nitrogen and oxygen atoms in total. The lowest BCUT2D eigenvalue weighted by atomic mass is 10.2. The van der Waals surface area contributed by atoms with Crippen LogP contribution in [0, 0.1) is 5.82 Å². The van der Waals surface area contributed by atoms with E-state index < -0.39 is 23.9 Å². The van der Waals surface area contributed by atoms with E-state index in [-0.39, 0.29) is 5.69 Å². The molecule has 1 heterocycles. The number of nitrogens with zero attached hydrogens (tertiary/aromatic N) is 1. The van der Waals surface area contributed by atoms with Crippen LogP contribution in [0.25, 0.3) is 0 Å². The van der Waals surface area contributed by atoms with Crippen LogP contribution in [0.15, 0.2) is 24.3 Å². The van der Waals surface area contributed by atoms with E-state index in [2.05, 4.69) is 5.32 Å². The highest BCUT2D eigenvalue weighted by atomic mass is 19.1. The number of anilines is 1. The molecule has 1 fully saturated rings. The van der Waals surface area contributed by atoms with Crippen molar-refractivity contribution in [3.63, 3.8) is 0 Å². The molecule has 1 aromatic carbocycles. The van der Waals surface area contributed by atoms with Gasteiger partial charge in [0.2, 0.25) is 0 Å². The third-order valence-electron chi connectivity index (χ3n) is 2.91. The van der Waals surface area contributed by atoms with Gasteiger partial charge in [0.25, 0.3) is 0 Å². The predicted octanol–water partition coefficient (Wildman–Crippen LogP) is 1.91. The summed E-state index contributed by atoms with van der Waals surface area (Å²) in [4.78, 5) is 24.0. The van der Waals surface area contributed by atoms with Crippen LogP contribution in [0.1, 0.15) is 12.8 Å². The second kappa shape index (κ2) is 5.03. The number of likely N-dealkylation sites (tertiary alicyclic amines) is 1. The molecule has 0 unspecified atom stereocenters. The molecule has 2 amide bonds. The summed E-state index contributed by atoms with van der Waals surface area (Å²) in [6.07, 6.45) is 1.07. The van der Waals surface area contributed by atoms with Gasteiger partial charge < -0.3 is 15.3 Å². The van der Waals surface area contributed by atoms with Crippen LogP contribution < -0.4 is 5.32 Å². The highest BCUT2D eigenvalue weighted by Crippen LogP contribution is 2.20. The molecule has 0 radical (unpaired) electrons. The molecule has 96 valence electrons. The Kier molecular flexibility index (Phi) is 3.45. The van der Waals surface area contributed by atoms with Crippen molar-refractivity contribution in [2.45, 2.75) is 18.9 Å². The Morgan fingerprint density at radius 1 is 1.39 bits per heavy atom. The van der Waals surface area contributed by atoms with Gasteiger partial charge in [-0.1, -0.05) is 12.1 Å². The molecular formula is C12H13FN2O3. The Labute approximate surface area is 103 Å². The van der Waals surface area contributed by atoms with Gasteiger partial charge in [-0.2, -0.15) is 0 Å². The van der Waals surface area contributed by atoms with E-state index in [0.29, 0.717) is 19.4 Å². The normalized spacial score (nSPS) is 18.7. The van der Waals surface area contributed by atoms with Gasteiger partial charge in [0, 0.05) is 6.54 Å². The molecule has 1 aromatic rings. The van der Waals surface area contributed by atoms with E-state index in [1.165, 1.54) is 23.1 Å². The van der Waals surface area contributed by atoms with E-state index in [9.17, 15) is 14.0 Å². The van der Waals surface area contributed by atoms with E-state index in [1.54, 1.807) is 6.07 Å². The van der Waals surface area contributed by atoms with Crippen molar-refractivity contribution in [3.05, 3.63) is 30.1 Å². The summed E-state index contributed by atoms with van der Waals surface area (Å²) in [6, 6.07) is 4.37. The van der Waals surface area contributed by atoms with Gasteiger partial charge in [-0.25, -0.2) is 14.0 Å². The number of amides is 2. The molecule has 0 bridgehead atoms. The van der Waals surface area contributed by atoms with Gasteiger partial charge in [0.1, 0.15) is 11.9 Å². The number of nitrogens with one attached hydrogen (secondary N) is 1. The van der Waals surface area contributed by atoms with Crippen LogP contribution in [-0.2, 0) is 4.79 Å². The molecule has 2 N–H and O–H groups in total. The zero-order valence-electron chi connectivity index (χ0n) is 9.60. The second-order valence-electron chi connectivity index (χ2n) is 4.10. The second-order valence-corrected chi connectivity index (χ2v) is 4.10. The number of hydrogen-bond donors (Lipinski definition) is 2. The number of carboxylic acid groups (broad SMARTS) is 1. The van der Waals surface area contributed by atoms with Gasteiger partial charge in [0.05, 0.1) is 5.69 Å². The van der Waals surface area contributed by atoms with Crippen molar-refractivity contribution in [1.82, 2.24) is 4.90 Å². The van der Waals surface area contributed by atoms with Gasteiger partial charge in [-0.05, 0) is 25.0 Å². The Morgan fingerprint density at radius 3 is 2.78 bits per heavy atom. The van der Waals surface area contributed by atoms with Crippen molar-refractivity contribution in [2.75, 3.05) is 11.9 Å². The first-order chi connectivity index (χ1) is 8.59. The number of carbonyl (C=O) groups excluding carboxylic acids is 1. The fraction of sp³-hybridized carbons (Fsp3) is 0.333. The van der Waals surface area contributed by atoms with Gasteiger partial charge in [-0.15, -0.1) is 0 Å². The molecule has 6 heteroatoms. The maximum absolute atomic E-state index is 13.3. The molecule has 1 saturated heterocycles. The average Bonchev–Trinajstić information content (AvgIpc) is 2.81. The summed E-state index contributed by atoms with van der Waals surface area (Å²) in [7, 11) is 0. The monoisotopic (exact) mass is 252 g/mol. The quantitative estimate of drug-likeness (QED) is 0.844. The number of benzene rings is 1. The van der Waals surface area contributed by atoms with E-state index >= 15 is 0 Å². The fourth-order valence-corrected chi connectivity index (χ4v) is 2.02. The number of carboxylic acids is 1. The van der Waals surface area contributed by atoms with Crippen LogP contribution in [0.2, 0.25) is 0 Å². The molecule has 1 atom stereocenters. The van der Waals surface area contributed by atoms with Crippen molar-refractivity contribution in [3.8, 4) is 0 Å². The van der Waals surface area contributed by atoms with Gasteiger partial charge >= 0.3 is 12.0 Å². The Morgan fingerprint density at radius 2 is 2.11 bits per heavy atom. The Hall–Kier alpha value is -2.11.